The average molecular weight is 319 g/mol. The van der Waals surface area contributed by atoms with Crippen LogP contribution >= 0.6 is 0 Å². The first-order chi connectivity index (χ1) is 11.8. The van der Waals surface area contributed by atoms with E-state index in [1.807, 2.05) is 0 Å². The molecule has 1 unspecified atom stereocenters. The fourth-order valence-corrected chi connectivity index (χ4v) is 6.94. The minimum Gasteiger partial charge on any atom is -0.0745 e. The van der Waals surface area contributed by atoms with Crippen molar-refractivity contribution in [1.82, 2.24) is 0 Å². The Kier molecular flexibility index (Phi) is 3.51. The Morgan fingerprint density at radius 1 is 0.917 bits per heavy atom. The molecule has 0 aliphatic heterocycles. The van der Waals surface area contributed by atoms with E-state index in [-0.39, 0.29) is 0 Å². The summed E-state index contributed by atoms with van der Waals surface area (Å²) in [6.45, 7) is 2.50. The minimum atomic E-state index is 0.323. The van der Waals surface area contributed by atoms with Crippen LogP contribution in [0, 0.1) is 29.1 Å². The monoisotopic (exact) mass is 318 g/mol. The summed E-state index contributed by atoms with van der Waals surface area (Å²) in [4.78, 5) is 0. The molecule has 3 fully saturated rings. The highest BCUT2D eigenvalue weighted by molar-refractivity contribution is 5.40. The van der Waals surface area contributed by atoms with Gasteiger partial charge in [-0.1, -0.05) is 80.3 Å². The van der Waals surface area contributed by atoms with Crippen LogP contribution in [0.1, 0.15) is 63.4 Å². The van der Waals surface area contributed by atoms with Crippen molar-refractivity contribution >= 4 is 0 Å². The van der Waals surface area contributed by atoms with E-state index in [0.29, 0.717) is 5.41 Å². The first-order valence-corrected chi connectivity index (χ1v) is 10.2. The Bertz CT molecular complexity index is 667. The van der Waals surface area contributed by atoms with Gasteiger partial charge in [0, 0.05) is 5.41 Å². The Morgan fingerprint density at radius 3 is 2.62 bits per heavy atom. The molecule has 126 valence electrons. The van der Waals surface area contributed by atoms with Crippen LogP contribution in [0.4, 0.5) is 0 Å². The van der Waals surface area contributed by atoms with Crippen molar-refractivity contribution in [2.24, 2.45) is 29.1 Å². The van der Waals surface area contributed by atoms with Crippen LogP contribution in [-0.2, 0) is 0 Å². The predicted molar refractivity (Wildman–Crippen MR) is 101 cm³/mol. The maximum absolute atomic E-state index is 2.50. The molecule has 0 amide bonds. The highest BCUT2D eigenvalue weighted by Gasteiger charge is 2.53. The lowest BCUT2D eigenvalue weighted by molar-refractivity contribution is 0.0183. The molecule has 4 aliphatic carbocycles. The van der Waals surface area contributed by atoms with Gasteiger partial charge in [-0.05, 0) is 60.8 Å². The topological polar surface area (TPSA) is 0 Å². The van der Waals surface area contributed by atoms with Crippen LogP contribution in [0.2, 0.25) is 0 Å². The highest BCUT2D eigenvalue weighted by Crippen LogP contribution is 2.63. The first kappa shape index (κ1) is 15.0. The zero-order valence-electron chi connectivity index (χ0n) is 15.0. The van der Waals surface area contributed by atoms with E-state index in [0.717, 1.165) is 29.6 Å². The molecule has 1 aromatic rings. The van der Waals surface area contributed by atoms with Gasteiger partial charge in [-0.2, -0.15) is 0 Å². The summed E-state index contributed by atoms with van der Waals surface area (Å²) in [5.41, 5.74) is 3.71. The van der Waals surface area contributed by atoms with Crippen molar-refractivity contribution in [3.8, 4) is 0 Å². The molecule has 0 aromatic heterocycles. The van der Waals surface area contributed by atoms with Crippen LogP contribution in [-0.4, -0.2) is 0 Å². The predicted octanol–water partition coefficient (Wildman–Crippen LogP) is 6.51. The standard InChI is InChI=1S/C24H30/c1-24-15-7-12-22(24)20-14-13-18-10-5-6-11-19(18)23(20)21(16-24)17-8-3-2-4-9-17/h2-4,7-9,12,15,18-21,23H,5-6,10-11,13-14,16H2,1H3/t18?,19-,20-,21+,23+,24-/m0/s1. The fourth-order valence-electron chi connectivity index (χ4n) is 6.94. The van der Waals surface area contributed by atoms with Crippen LogP contribution in [0.25, 0.3) is 0 Å². The maximum atomic E-state index is 2.50. The van der Waals surface area contributed by atoms with Gasteiger partial charge in [-0.25, -0.2) is 0 Å². The highest BCUT2D eigenvalue weighted by atomic mass is 14.6. The second-order valence-corrected chi connectivity index (χ2v) is 9.09. The molecule has 3 saturated carbocycles. The number of hydrogen-bond donors (Lipinski definition) is 0. The third kappa shape index (κ3) is 2.18. The second kappa shape index (κ2) is 5.61. The number of allylic oxidation sites excluding steroid dienone is 4. The van der Waals surface area contributed by atoms with E-state index in [2.05, 4.69) is 55.5 Å². The fraction of sp³-hybridized carbons (Fsp3) is 0.583. The largest absolute Gasteiger partial charge is 0.0745 e. The number of benzene rings is 1. The first-order valence-electron chi connectivity index (χ1n) is 10.2. The van der Waals surface area contributed by atoms with Crippen molar-refractivity contribution in [2.45, 2.75) is 57.8 Å². The Balaban J connectivity index is 1.59. The van der Waals surface area contributed by atoms with Gasteiger partial charge >= 0.3 is 0 Å². The number of hydrogen-bond acceptors (Lipinski definition) is 0. The van der Waals surface area contributed by atoms with Crippen molar-refractivity contribution in [1.29, 1.82) is 0 Å². The molecule has 0 nitrogen and oxygen atoms in total. The second-order valence-electron chi connectivity index (χ2n) is 9.09. The van der Waals surface area contributed by atoms with E-state index >= 15 is 0 Å². The van der Waals surface area contributed by atoms with Crippen LogP contribution in [0.3, 0.4) is 0 Å². The molecular weight excluding hydrogens is 288 g/mol. The van der Waals surface area contributed by atoms with Crippen LogP contribution < -0.4 is 0 Å². The lowest BCUT2D eigenvalue weighted by Gasteiger charge is -2.56. The van der Waals surface area contributed by atoms with Gasteiger partial charge in [0.1, 0.15) is 0 Å². The molecule has 0 radical (unpaired) electrons. The summed E-state index contributed by atoms with van der Waals surface area (Å²) in [5, 5.41) is 0. The van der Waals surface area contributed by atoms with Crippen molar-refractivity contribution in [2.75, 3.05) is 0 Å². The lowest BCUT2D eigenvalue weighted by Crippen LogP contribution is -2.46. The summed E-state index contributed by atoms with van der Waals surface area (Å²) < 4.78 is 0. The van der Waals surface area contributed by atoms with Crippen molar-refractivity contribution in [3.05, 3.63) is 59.7 Å². The summed E-state index contributed by atoms with van der Waals surface area (Å²) in [7, 11) is 0. The molecule has 0 spiro atoms. The van der Waals surface area contributed by atoms with Gasteiger partial charge in [-0.15, -0.1) is 0 Å². The molecule has 0 heterocycles. The number of rotatable bonds is 1. The maximum Gasteiger partial charge on any atom is 0.00775 e. The molecular formula is C24H30. The van der Waals surface area contributed by atoms with Gasteiger partial charge in [0.2, 0.25) is 0 Å². The van der Waals surface area contributed by atoms with Gasteiger partial charge in [0.15, 0.2) is 0 Å². The summed E-state index contributed by atoms with van der Waals surface area (Å²) in [6.07, 6.45) is 17.5. The molecule has 0 heteroatoms. The van der Waals surface area contributed by atoms with Gasteiger partial charge in [0.05, 0.1) is 0 Å². The molecule has 0 N–H and O–H groups in total. The Labute approximate surface area is 147 Å². The zero-order chi connectivity index (χ0) is 16.1. The summed E-state index contributed by atoms with van der Waals surface area (Å²) in [6, 6.07) is 11.5. The van der Waals surface area contributed by atoms with Crippen molar-refractivity contribution in [3.63, 3.8) is 0 Å². The van der Waals surface area contributed by atoms with Crippen LogP contribution in [0.5, 0.6) is 0 Å². The van der Waals surface area contributed by atoms with Crippen molar-refractivity contribution < 1.29 is 0 Å². The van der Waals surface area contributed by atoms with Gasteiger partial charge in [0.25, 0.3) is 0 Å². The molecule has 1 aromatic carbocycles. The molecule has 4 aliphatic rings. The molecule has 24 heavy (non-hydrogen) atoms. The molecule has 0 saturated heterocycles. The normalized spacial score (nSPS) is 43.5. The van der Waals surface area contributed by atoms with E-state index in [1.54, 1.807) is 11.1 Å². The zero-order valence-corrected chi connectivity index (χ0v) is 15.0. The van der Waals surface area contributed by atoms with E-state index in [1.165, 1.54) is 44.9 Å². The Morgan fingerprint density at radius 2 is 1.75 bits per heavy atom. The lowest BCUT2D eigenvalue weighted by atomic mass is 9.48. The third-order valence-electron chi connectivity index (χ3n) is 7.91. The SMILES string of the molecule is C[C@@]12C=CC=C1[C@@H]1CCC3CCCC[C@@H]3[C@H]1[C@@H](c1ccccc1)C2. The molecule has 6 atom stereocenters. The average Bonchev–Trinajstić information content (AvgIpc) is 3.03. The smallest absolute Gasteiger partial charge is 0.00775 e. The molecule has 0 bridgehead atoms. The summed E-state index contributed by atoms with van der Waals surface area (Å²) >= 11 is 0. The van der Waals surface area contributed by atoms with Gasteiger partial charge < -0.3 is 0 Å². The Hall–Kier alpha value is -1.30. The third-order valence-corrected chi connectivity index (χ3v) is 7.91. The summed E-state index contributed by atoms with van der Waals surface area (Å²) in [5.74, 6) is 4.49. The van der Waals surface area contributed by atoms with Gasteiger partial charge in [-0.3, -0.25) is 0 Å². The molecule has 5 rings (SSSR count). The minimum absolute atomic E-state index is 0.323. The van der Waals surface area contributed by atoms with Crippen LogP contribution in [0.15, 0.2) is 54.1 Å². The van der Waals surface area contributed by atoms with E-state index in [4.69, 9.17) is 0 Å². The van der Waals surface area contributed by atoms with E-state index < -0.39 is 0 Å². The number of fused-ring (bicyclic) bond motifs is 5. The quantitative estimate of drug-likeness (QED) is 0.553. The van der Waals surface area contributed by atoms with E-state index in [9.17, 15) is 0 Å².